The van der Waals surface area contributed by atoms with Gasteiger partial charge in [-0.25, -0.2) is 4.39 Å². The van der Waals surface area contributed by atoms with Crippen molar-refractivity contribution in [2.75, 3.05) is 0 Å². The molecule has 0 spiro atoms. The molecular formula is C8H4BF4KO. The van der Waals surface area contributed by atoms with Crippen LogP contribution in [0.15, 0.2) is 28.7 Å². The summed E-state index contributed by atoms with van der Waals surface area (Å²) >= 11 is 0. The van der Waals surface area contributed by atoms with E-state index in [0.717, 1.165) is 18.2 Å². The Balaban J connectivity index is 0.00000112. The quantitative estimate of drug-likeness (QED) is 0.491. The van der Waals surface area contributed by atoms with Crippen molar-refractivity contribution in [1.82, 2.24) is 0 Å². The Morgan fingerprint density at radius 2 is 1.73 bits per heavy atom. The Morgan fingerprint density at radius 1 is 1.07 bits per heavy atom. The van der Waals surface area contributed by atoms with Crippen LogP contribution >= 0.6 is 0 Å². The molecule has 15 heavy (non-hydrogen) atoms. The molecule has 0 atom stereocenters. The van der Waals surface area contributed by atoms with Gasteiger partial charge in [-0.1, -0.05) is 0 Å². The molecule has 1 nitrogen and oxygen atoms in total. The second kappa shape index (κ2) is 4.59. The van der Waals surface area contributed by atoms with E-state index in [-0.39, 0.29) is 62.4 Å². The van der Waals surface area contributed by atoms with Gasteiger partial charge in [-0.15, -0.1) is 0 Å². The Bertz CT molecular complexity index is 479. The molecule has 0 unspecified atom stereocenters. The van der Waals surface area contributed by atoms with E-state index < -0.39 is 18.5 Å². The largest absolute Gasteiger partial charge is 1.00 e. The molecule has 0 saturated heterocycles. The standard InChI is InChI=1S/C8H4BF4O.K/c10-6-1-2-7-5(3-6)4-8(14-7)9(11,12)13;/h1-4H;/q-1;+1. The molecule has 0 N–H and O–H groups in total. The Labute approximate surface area is 125 Å². The van der Waals surface area contributed by atoms with E-state index in [0.29, 0.717) is 0 Å². The third-order valence-electron chi connectivity index (χ3n) is 1.82. The predicted molar refractivity (Wildman–Crippen MR) is 44.9 cm³/mol. The van der Waals surface area contributed by atoms with Gasteiger partial charge in [0.15, 0.2) is 0 Å². The van der Waals surface area contributed by atoms with E-state index in [2.05, 4.69) is 4.42 Å². The minimum atomic E-state index is -5.16. The molecule has 2 aromatic rings. The van der Waals surface area contributed by atoms with Crippen LogP contribution in [-0.4, -0.2) is 6.98 Å². The van der Waals surface area contributed by atoms with E-state index >= 15 is 0 Å². The average molecular weight is 242 g/mol. The van der Waals surface area contributed by atoms with Gasteiger partial charge in [-0.05, 0) is 24.3 Å². The van der Waals surface area contributed by atoms with Crippen molar-refractivity contribution in [3.05, 3.63) is 30.1 Å². The Morgan fingerprint density at radius 3 is 2.33 bits per heavy atom. The van der Waals surface area contributed by atoms with Crippen LogP contribution in [0.25, 0.3) is 11.0 Å². The fourth-order valence-electron chi connectivity index (χ4n) is 1.20. The molecule has 0 aliphatic rings. The molecule has 0 aliphatic carbocycles. The zero-order chi connectivity index (χ0) is 10.3. The topological polar surface area (TPSA) is 13.1 Å². The van der Waals surface area contributed by atoms with Gasteiger partial charge in [-0.3, -0.25) is 0 Å². The van der Waals surface area contributed by atoms with Crippen LogP contribution in [0, 0.1) is 5.82 Å². The minimum absolute atomic E-state index is 0. The van der Waals surface area contributed by atoms with Crippen LogP contribution in [0.2, 0.25) is 0 Å². The number of halogens is 4. The second-order valence-electron chi connectivity index (χ2n) is 2.91. The van der Waals surface area contributed by atoms with Crippen molar-refractivity contribution in [3.8, 4) is 0 Å². The molecule has 1 aromatic carbocycles. The molecule has 0 fully saturated rings. The van der Waals surface area contributed by atoms with E-state index in [9.17, 15) is 17.3 Å². The van der Waals surface area contributed by atoms with Crippen LogP contribution in [0.1, 0.15) is 0 Å². The molecule has 1 heterocycles. The van der Waals surface area contributed by atoms with Crippen molar-refractivity contribution in [3.63, 3.8) is 0 Å². The van der Waals surface area contributed by atoms with Crippen LogP contribution in [0.5, 0.6) is 0 Å². The van der Waals surface area contributed by atoms with Crippen molar-refractivity contribution in [2.45, 2.75) is 0 Å². The van der Waals surface area contributed by atoms with Crippen LogP contribution < -0.4 is 57.0 Å². The number of furan rings is 1. The van der Waals surface area contributed by atoms with Crippen molar-refractivity contribution < 1.29 is 73.1 Å². The molecule has 0 amide bonds. The zero-order valence-electron chi connectivity index (χ0n) is 7.81. The maximum absolute atomic E-state index is 12.6. The van der Waals surface area contributed by atoms with Crippen LogP contribution in [0.4, 0.5) is 17.3 Å². The van der Waals surface area contributed by atoms with Gasteiger partial charge in [0.1, 0.15) is 11.4 Å². The number of rotatable bonds is 1. The molecule has 0 saturated carbocycles. The summed E-state index contributed by atoms with van der Waals surface area (Å²) in [5.74, 6) is -0.584. The number of hydrogen-bond donors (Lipinski definition) is 0. The third kappa shape index (κ3) is 2.85. The molecule has 0 bridgehead atoms. The van der Waals surface area contributed by atoms with Gasteiger partial charge in [0.25, 0.3) is 0 Å². The van der Waals surface area contributed by atoms with E-state index in [4.69, 9.17) is 0 Å². The smallest absolute Gasteiger partial charge is 0.493 e. The SMILES string of the molecule is Fc1ccc2oc([B-](F)(F)F)cc2c1.[K+]. The fraction of sp³-hybridized carbons (Fsp3) is 0. The van der Waals surface area contributed by atoms with Crippen LogP contribution in [-0.2, 0) is 0 Å². The summed E-state index contributed by atoms with van der Waals surface area (Å²) in [6, 6.07) is 4.04. The normalized spacial score (nSPS) is 11.5. The summed E-state index contributed by atoms with van der Waals surface area (Å²) in [5.41, 5.74) is -1.01. The van der Waals surface area contributed by atoms with Gasteiger partial charge in [-0.2, -0.15) is 0 Å². The monoisotopic (exact) mass is 242 g/mol. The van der Waals surface area contributed by atoms with Gasteiger partial charge >= 0.3 is 58.4 Å². The Kier molecular flexibility index (Phi) is 4.05. The van der Waals surface area contributed by atoms with E-state index in [1.54, 1.807) is 0 Å². The number of fused-ring (bicyclic) bond motifs is 1. The van der Waals surface area contributed by atoms with Gasteiger partial charge < -0.3 is 17.4 Å². The van der Waals surface area contributed by atoms with Crippen LogP contribution in [0.3, 0.4) is 0 Å². The molecule has 1 aromatic heterocycles. The second-order valence-corrected chi connectivity index (χ2v) is 2.91. The Hall–Kier alpha value is 0.181. The van der Waals surface area contributed by atoms with Crippen molar-refractivity contribution in [1.29, 1.82) is 0 Å². The number of hydrogen-bond acceptors (Lipinski definition) is 1. The molecular weight excluding hydrogens is 238 g/mol. The first-order valence-electron chi connectivity index (χ1n) is 3.86. The summed E-state index contributed by atoms with van der Waals surface area (Å²) in [4.78, 5) is 0. The van der Waals surface area contributed by atoms with Gasteiger partial charge in [0, 0.05) is 11.0 Å². The van der Waals surface area contributed by atoms with E-state index in [1.807, 2.05) is 0 Å². The zero-order valence-corrected chi connectivity index (χ0v) is 10.9. The van der Waals surface area contributed by atoms with Gasteiger partial charge in [0.05, 0.1) is 0 Å². The summed E-state index contributed by atoms with van der Waals surface area (Å²) < 4.78 is 53.8. The van der Waals surface area contributed by atoms with Crippen molar-refractivity contribution in [2.24, 2.45) is 0 Å². The number of benzene rings is 1. The molecule has 0 radical (unpaired) electrons. The molecule has 2 rings (SSSR count). The summed E-state index contributed by atoms with van der Waals surface area (Å²) in [6.45, 7) is -5.16. The first kappa shape index (κ1) is 13.2. The molecule has 7 heteroatoms. The molecule has 74 valence electrons. The first-order valence-corrected chi connectivity index (χ1v) is 3.86. The predicted octanol–water partition coefficient (Wildman–Crippen LogP) is -0.370. The maximum atomic E-state index is 12.6. The summed E-state index contributed by atoms with van der Waals surface area (Å²) in [7, 11) is 0. The summed E-state index contributed by atoms with van der Waals surface area (Å²) in [5, 5.41) is 0.124. The van der Waals surface area contributed by atoms with Gasteiger partial charge in [0.2, 0.25) is 0 Å². The fourth-order valence-corrected chi connectivity index (χ4v) is 1.20. The van der Waals surface area contributed by atoms with E-state index in [1.165, 1.54) is 6.07 Å². The summed E-state index contributed by atoms with van der Waals surface area (Å²) in [6.07, 6.45) is 0. The maximum Gasteiger partial charge on any atom is 1.00 e. The average Bonchev–Trinajstić information content (AvgIpc) is 2.45. The minimum Gasteiger partial charge on any atom is -0.493 e. The van der Waals surface area contributed by atoms with Crippen molar-refractivity contribution >= 4 is 23.6 Å². The third-order valence-corrected chi connectivity index (χ3v) is 1.82. The molecule has 0 aliphatic heterocycles. The first-order chi connectivity index (χ1) is 6.47.